The largest absolute Gasteiger partial charge is 0.309 e. The monoisotopic (exact) mass is 1120 g/mol. The topological polar surface area (TPSA) is 58.4 Å². The molecule has 0 unspecified atom stereocenters. The normalized spacial score (nSPS) is 11.9. The van der Waals surface area contributed by atoms with Gasteiger partial charge in [-0.15, -0.1) is 0 Å². The minimum Gasteiger partial charge on any atom is -0.309 e. The summed E-state index contributed by atoms with van der Waals surface area (Å²) in [6.07, 6.45) is 0. The van der Waals surface area contributed by atoms with Gasteiger partial charge in [0.1, 0.15) is 0 Å². The van der Waals surface area contributed by atoms with Crippen molar-refractivity contribution in [1.29, 1.82) is 0 Å². The van der Waals surface area contributed by atoms with E-state index in [0.29, 0.717) is 17.7 Å². The predicted molar refractivity (Wildman–Crippen MR) is 364 cm³/mol. The number of para-hydroxylation sites is 6. The van der Waals surface area contributed by atoms with E-state index in [4.69, 9.17) is 15.0 Å². The molecule has 88 heavy (non-hydrogen) atoms. The van der Waals surface area contributed by atoms with Crippen molar-refractivity contribution >= 4 is 87.2 Å². The van der Waals surface area contributed by atoms with E-state index < -0.39 is 0 Å². The highest BCUT2D eigenvalue weighted by Gasteiger charge is 2.25. The van der Waals surface area contributed by atoms with E-state index in [1.165, 1.54) is 32.6 Å². The Labute approximate surface area is 506 Å². The van der Waals surface area contributed by atoms with Gasteiger partial charge in [0.25, 0.3) is 0 Å². The molecule has 18 rings (SSSR count). The van der Waals surface area contributed by atoms with Crippen molar-refractivity contribution in [1.82, 2.24) is 33.2 Å². The lowest BCUT2D eigenvalue weighted by molar-refractivity contribution is 0.893. The van der Waals surface area contributed by atoms with Gasteiger partial charge in [-0.25, -0.2) is 0 Å². The summed E-state index contributed by atoms with van der Waals surface area (Å²) in [6.45, 7) is 0. The van der Waals surface area contributed by atoms with Gasteiger partial charge in [0.05, 0.1) is 44.1 Å². The molecule has 0 bridgehead atoms. The molecule has 0 aliphatic rings. The first-order valence-corrected chi connectivity index (χ1v) is 29.9. The minimum absolute atomic E-state index is 0.506. The third-order valence-corrected chi connectivity index (χ3v) is 17.9. The van der Waals surface area contributed by atoms with Crippen LogP contribution in [-0.2, 0) is 0 Å². The van der Waals surface area contributed by atoms with Crippen LogP contribution in [0.5, 0.6) is 0 Å². The van der Waals surface area contributed by atoms with E-state index in [-0.39, 0.29) is 0 Å². The zero-order valence-corrected chi connectivity index (χ0v) is 47.6. The second kappa shape index (κ2) is 19.8. The molecule has 410 valence electrons. The Morgan fingerprint density at radius 1 is 0.193 bits per heavy atom. The fourth-order valence-electron chi connectivity index (χ4n) is 13.9. The second-order valence-electron chi connectivity index (χ2n) is 22.7. The van der Waals surface area contributed by atoms with Crippen LogP contribution >= 0.6 is 0 Å². The average Bonchev–Trinajstić information content (AvgIpc) is 1.71. The van der Waals surface area contributed by atoms with Crippen LogP contribution in [0.4, 0.5) is 0 Å². The van der Waals surface area contributed by atoms with Crippen LogP contribution in [0.3, 0.4) is 0 Å². The van der Waals surface area contributed by atoms with Gasteiger partial charge in [0.15, 0.2) is 5.82 Å². The average molecular weight is 1120 g/mol. The maximum atomic E-state index is 5.77. The number of benzene rings is 13. The molecule has 7 nitrogen and oxygen atoms in total. The van der Waals surface area contributed by atoms with Gasteiger partial charge in [0.2, 0.25) is 11.9 Å². The first-order chi connectivity index (χ1) is 43.7. The summed E-state index contributed by atoms with van der Waals surface area (Å²) in [5.41, 5.74) is 20.3. The van der Waals surface area contributed by atoms with Crippen LogP contribution in [0.2, 0.25) is 0 Å². The van der Waals surface area contributed by atoms with E-state index >= 15 is 0 Å². The highest BCUT2D eigenvalue weighted by Crippen LogP contribution is 2.44. The Balaban J connectivity index is 0.903. The van der Waals surface area contributed by atoms with E-state index in [1.54, 1.807) is 0 Å². The summed E-state index contributed by atoms with van der Waals surface area (Å²) in [4.78, 5) is 17.3. The molecule has 0 saturated carbocycles. The molecule has 0 spiro atoms. The summed E-state index contributed by atoms with van der Waals surface area (Å²) in [5, 5.41) is 9.26. The van der Waals surface area contributed by atoms with Crippen molar-refractivity contribution in [3.63, 3.8) is 0 Å². The molecule has 0 atom stereocenters. The maximum absolute atomic E-state index is 5.77. The maximum Gasteiger partial charge on any atom is 0.240 e. The molecule has 0 radical (unpaired) electrons. The molecule has 0 N–H and O–H groups in total. The molecule has 0 fully saturated rings. The number of hydrogen-bond donors (Lipinski definition) is 0. The number of nitrogens with zero attached hydrogens (tertiary/aromatic N) is 7. The van der Waals surface area contributed by atoms with Gasteiger partial charge in [-0.1, -0.05) is 237 Å². The lowest BCUT2D eigenvalue weighted by Gasteiger charge is -2.17. The Bertz CT molecular complexity index is 5440. The van der Waals surface area contributed by atoms with E-state index in [1.807, 2.05) is 0 Å². The summed E-state index contributed by atoms with van der Waals surface area (Å²) < 4.78 is 9.29. The minimum atomic E-state index is 0.506. The van der Waals surface area contributed by atoms with Gasteiger partial charge in [0, 0.05) is 60.0 Å². The molecule has 5 heterocycles. The molecule has 5 aromatic heterocycles. The summed E-state index contributed by atoms with van der Waals surface area (Å²) in [5.74, 6) is 1.57. The third kappa shape index (κ3) is 7.74. The summed E-state index contributed by atoms with van der Waals surface area (Å²) >= 11 is 0. The van der Waals surface area contributed by atoms with Crippen LogP contribution in [0.15, 0.2) is 309 Å². The quantitative estimate of drug-likeness (QED) is 0.145. The second-order valence-corrected chi connectivity index (χ2v) is 22.7. The van der Waals surface area contributed by atoms with Gasteiger partial charge < -0.3 is 9.13 Å². The molecule has 0 amide bonds. The number of hydrogen-bond acceptors (Lipinski definition) is 3. The lowest BCUT2D eigenvalue weighted by Crippen LogP contribution is -2.11. The van der Waals surface area contributed by atoms with E-state index in [9.17, 15) is 0 Å². The van der Waals surface area contributed by atoms with Crippen molar-refractivity contribution in [3.8, 4) is 79.2 Å². The molecular weight excluding hydrogens is 1070 g/mol. The van der Waals surface area contributed by atoms with Gasteiger partial charge in [-0.05, 0) is 117 Å². The molecule has 18 aromatic rings. The first-order valence-electron chi connectivity index (χ1n) is 29.9. The smallest absolute Gasteiger partial charge is 0.240 e. The van der Waals surface area contributed by atoms with Crippen molar-refractivity contribution in [2.75, 3.05) is 0 Å². The Morgan fingerprint density at radius 3 is 0.830 bits per heavy atom. The SMILES string of the molecule is c1ccc(-c2cccc(-c3ccccc3)c2-c2nc(-n3c4ccccc4c4ccc(-c5ccc6c7ccccc7n(-c7ccccc7)c6c5)cc43)nc(-n3c4ccccc4c4ccc(-c5ccc6c7ccccc7n(-c7ccccc7)c6c5)cc43)n2)cc1. The highest BCUT2D eigenvalue weighted by atomic mass is 15.3. The molecule has 0 aliphatic heterocycles. The van der Waals surface area contributed by atoms with Crippen molar-refractivity contribution in [3.05, 3.63) is 309 Å². The van der Waals surface area contributed by atoms with Crippen molar-refractivity contribution in [2.24, 2.45) is 0 Å². The molecule has 0 saturated heterocycles. The van der Waals surface area contributed by atoms with E-state index in [2.05, 4.69) is 328 Å². The van der Waals surface area contributed by atoms with Gasteiger partial charge >= 0.3 is 0 Å². The van der Waals surface area contributed by atoms with Crippen molar-refractivity contribution in [2.45, 2.75) is 0 Å². The third-order valence-electron chi connectivity index (χ3n) is 17.9. The Kier molecular flexibility index (Phi) is 11.2. The molecule has 0 aliphatic carbocycles. The zero-order chi connectivity index (χ0) is 57.8. The summed E-state index contributed by atoms with van der Waals surface area (Å²) in [7, 11) is 0. The van der Waals surface area contributed by atoms with Crippen LogP contribution in [0.1, 0.15) is 0 Å². The first kappa shape index (κ1) is 49.5. The standard InChI is InChI=1S/C81H51N7/c1-5-22-52(23-6-1)60-34-21-35-61(53-24-7-2-8-25-53)78(60)79-82-80(87-72-38-19-15-32-64(72)68-46-42-56(50-76(68)87)54-40-44-66-62-30-13-17-36-70(62)85(74(66)48-54)58-26-9-3-10-27-58)84-81(83-79)88-73-39-20-16-33-65(73)69-47-43-57(51-77(69)88)55-41-45-67-63-31-14-18-37-71(63)86(75(67)49-55)59-28-11-4-12-29-59/h1-51H. The summed E-state index contributed by atoms with van der Waals surface area (Å²) in [6, 6.07) is 111. The zero-order valence-electron chi connectivity index (χ0n) is 47.6. The Hall–Kier alpha value is -11.9. The fraction of sp³-hybridized carbons (Fsp3) is 0. The molecule has 13 aromatic carbocycles. The lowest BCUT2D eigenvalue weighted by atomic mass is 9.91. The van der Waals surface area contributed by atoms with Crippen LogP contribution in [-0.4, -0.2) is 33.2 Å². The van der Waals surface area contributed by atoms with Crippen LogP contribution in [0, 0.1) is 0 Å². The highest BCUT2D eigenvalue weighted by molar-refractivity contribution is 6.14. The van der Waals surface area contributed by atoms with Gasteiger partial charge in [-0.2, -0.15) is 15.0 Å². The number of fused-ring (bicyclic) bond motifs is 12. The number of rotatable bonds is 9. The van der Waals surface area contributed by atoms with Crippen LogP contribution in [0.25, 0.3) is 166 Å². The fourth-order valence-corrected chi connectivity index (χ4v) is 13.9. The van der Waals surface area contributed by atoms with Crippen LogP contribution < -0.4 is 0 Å². The van der Waals surface area contributed by atoms with Gasteiger partial charge in [-0.3, -0.25) is 9.13 Å². The number of aromatic nitrogens is 7. The molecule has 7 heteroatoms. The molecular formula is C81H51N7. The van der Waals surface area contributed by atoms with E-state index in [0.717, 1.165) is 116 Å². The Morgan fingerprint density at radius 2 is 0.477 bits per heavy atom. The predicted octanol–water partition coefficient (Wildman–Crippen LogP) is 20.6. The van der Waals surface area contributed by atoms with Crippen molar-refractivity contribution < 1.29 is 0 Å².